The van der Waals surface area contributed by atoms with Gasteiger partial charge in [0, 0.05) is 12.8 Å². The topological polar surface area (TPSA) is 80.9 Å². The van der Waals surface area contributed by atoms with E-state index in [0.717, 1.165) is 37.2 Å². The van der Waals surface area contributed by atoms with Gasteiger partial charge in [-0.3, -0.25) is 0 Å². The van der Waals surface area contributed by atoms with Crippen LogP contribution in [0.2, 0.25) is 0 Å². The van der Waals surface area contributed by atoms with Gasteiger partial charge < -0.3 is 20.4 Å². The van der Waals surface area contributed by atoms with Crippen molar-refractivity contribution in [3.63, 3.8) is 0 Å². The van der Waals surface area contributed by atoms with Gasteiger partial charge >= 0.3 is 18.0 Å². The molecule has 0 bridgehead atoms. The SMILES string of the molecule is C=C1/C(=C\C=C2CCC[C@@]3(C)C2CC[C@@H]3[C@](C)(CC#CC(O)(C(F)(F)F)C(F)(F)F)CCCC(C)(C)O)C[C@@H](O)CC1O. The zero-order valence-corrected chi connectivity index (χ0v) is 25.5. The Hall–Kier alpha value is -1.80. The Morgan fingerprint density at radius 1 is 0.977 bits per heavy atom. The molecule has 0 spiro atoms. The summed E-state index contributed by atoms with van der Waals surface area (Å²) in [5.41, 5.74) is -4.60. The van der Waals surface area contributed by atoms with Gasteiger partial charge in [0.2, 0.25) is 0 Å². The third kappa shape index (κ3) is 7.71. The first-order chi connectivity index (χ1) is 19.5. The zero-order chi connectivity index (χ0) is 32.6. The van der Waals surface area contributed by atoms with Crippen molar-refractivity contribution in [2.75, 3.05) is 0 Å². The number of alkyl halides is 6. The first-order valence-corrected chi connectivity index (χ1v) is 15.1. The third-order valence-corrected chi connectivity index (χ3v) is 10.2. The van der Waals surface area contributed by atoms with Crippen molar-refractivity contribution in [2.45, 2.75) is 134 Å². The van der Waals surface area contributed by atoms with Crippen LogP contribution >= 0.6 is 0 Å². The van der Waals surface area contributed by atoms with E-state index in [2.05, 4.69) is 19.4 Å². The smallest absolute Gasteiger partial charge is 0.393 e. The maximum atomic E-state index is 13.3. The molecule has 0 saturated heterocycles. The highest BCUT2D eigenvalue weighted by Crippen LogP contribution is 2.63. The number of hydrogen-bond donors (Lipinski definition) is 4. The molecule has 3 aliphatic rings. The Balaban J connectivity index is 1.95. The van der Waals surface area contributed by atoms with E-state index in [1.54, 1.807) is 13.8 Å². The minimum absolute atomic E-state index is 0.0735. The van der Waals surface area contributed by atoms with Gasteiger partial charge in [-0.05, 0) is 105 Å². The van der Waals surface area contributed by atoms with Crippen LogP contribution in [0, 0.1) is 34.5 Å². The van der Waals surface area contributed by atoms with E-state index in [1.807, 2.05) is 19.1 Å². The van der Waals surface area contributed by atoms with Gasteiger partial charge in [0.1, 0.15) is 0 Å². The number of aliphatic hydroxyl groups excluding tert-OH is 2. The second-order valence-corrected chi connectivity index (χ2v) is 14.1. The molecule has 2 unspecified atom stereocenters. The fourth-order valence-electron chi connectivity index (χ4n) is 7.84. The van der Waals surface area contributed by atoms with E-state index in [1.165, 1.54) is 5.57 Å². The maximum absolute atomic E-state index is 13.3. The monoisotopic (exact) mass is 620 g/mol. The summed E-state index contributed by atoms with van der Waals surface area (Å²) in [5.74, 6) is 3.35. The lowest BCUT2D eigenvalue weighted by atomic mass is 9.55. The van der Waals surface area contributed by atoms with Crippen LogP contribution in [0.4, 0.5) is 26.3 Å². The molecular weight excluding hydrogens is 574 g/mol. The van der Waals surface area contributed by atoms with Crippen LogP contribution in [-0.2, 0) is 0 Å². The van der Waals surface area contributed by atoms with E-state index in [4.69, 9.17) is 0 Å². The van der Waals surface area contributed by atoms with E-state index in [0.29, 0.717) is 37.7 Å². The highest BCUT2D eigenvalue weighted by molar-refractivity contribution is 5.39. The molecule has 0 aromatic carbocycles. The van der Waals surface area contributed by atoms with Gasteiger partial charge in [-0.25, -0.2) is 0 Å². The minimum atomic E-state index is -6.01. The molecule has 0 aromatic rings. The number of rotatable bonds is 7. The Morgan fingerprint density at radius 2 is 1.60 bits per heavy atom. The summed E-state index contributed by atoms with van der Waals surface area (Å²) in [6, 6.07) is 0. The van der Waals surface area contributed by atoms with Gasteiger partial charge in [-0.15, -0.1) is 0 Å². The van der Waals surface area contributed by atoms with E-state index in [-0.39, 0.29) is 30.1 Å². The minimum Gasteiger partial charge on any atom is -0.393 e. The first kappa shape index (κ1) is 35.7. The van der Waals surface area contributed by atoms with Crippen molar-refractivity contribution in [2.24, 2.45) is 22.7 Å². The fourth-order valence-corrected chi connectivity index (χ4v) is 7.84. The zero-order valence-electron chi connectivity index (χ0n) is 25.5. The predicted octanol–water partition coefficient (Wildman–Crippen LogP) is 7.32. The van der Waals surface area contributed by atoms with Crippen LogP contribution in [0.15, 0.2) is 35.5 Å². The van der Waals surface area contributed by atoms with Crippen LogP contribution in [0.3, 0.4) is 0 Å². The molecule has 0 heterocycles. The van der Waals surface area contributed by atoms with Gasteiger partial charge in [-0.1, -0.05) is 50.5 Å². The Morgan fingerprint density at radius 3 is 2.19 bits per heavy atom. The van der Waals surface area contributed by atoms with Crippen LogP contribution < -0.4 is 0 Å². The largest absolute Gasteiger partial charge is 0.438 e. The van der Waals surface area contributed by atoms with Crippen molar-refractivity contribution >= 4 is 0 Å². The molecule has 3 saturated carbocycles. The summed E-state index contributed by atoms with van der Waals surface area (Å²) in [7, 11) is 0. The molecular formula is C33H46F6O4. The number of halogens is 6. The summed E-state index contributed by atoms with van der Waals surface area (Å²) in [5, 5.41) is 40.2. The Bertz CT molecular complexity index is 1140. The molecule has 4 nitrogen and oxygen atoms in total. The molecule has 244 valence electrons. The van der Waals surface area contributed by atoms with E-state index < -0.39 is 41.2 Å². The molecule has 6 atom stereocenters. The predicted molar refractivity (Wildman–Crippen MR) is 152 cm³/mol. The number of hydrogen-bond acceptors (Lipinski definition) is 4. The lowest BCUT2D eigenvalue weighted by molar-refractivity contribution is -0.343. The molecule has 3 aliphatic carbocycles. The lowest BCUT2D eigenvalue weighted by Gasteiger charge is -2.49. The highest BCUT2D eigenvalue weighted by atomic mass is 19.4. The molecule has 4 N–H and O–H groups in total. The maximum Gasteiger partial charge on any atom is 0.438 e. The Labute approximate surface area is 251 Å². The van der Waals surface area contributed by atoms with Crippen LogP contribution in [0.25, 0.3) is 0 Å². The number of aliphatic hydroxyl groups is 4. The second-order valence-electron chi connectivity index (χ2n) is 14.1. The van der Waals surface area contributed by atoms with E-state index >= 15 is 0 Å². The van der Waals surface area contributed by atoms with Crippen LogP contribution in [0.1, 0.15) is 98.3 Å². The standard InChI is InChI=1S/C33H46F6O4/c1-21-23(19-24(40)20-26(21)41)11-10-22-9-6-17-30(5)25(22)12-13-27(30)29(4,15-7-14-28(2,3)42)16-8-18-31(43,32(34,35)36)33(37,38)39/h10-11,24-27,40-43H,1,6-7,9,12-17,19-20H2,2-5H3/b22-10?,23-11-/t24-,25?,26?,27-,29+,30+/m1/s1. The fraction of sp³-hybridized carbons (Fsp3) is 0.758. The summed E-state index contributed by atoms with van der Waals surface area (Å²) in [6.07, 6.45) is -3.77. The molecule has 10 heteroatoms. The molecule has 3 rings (SSSR count). The molecule has 3 fully saturated rings. The molecule has 0 radical (unpaired) electrons. The van der Waals surface area contributed by atoms with Crippen molar-refractivity contribution in [1.29, 1.82) is 0 Å². The molecule has 0 aliphatic heterocycles. The van der Waals surface area contributed by atoms with Crippen molar-refractivity contribution in [1.82, 2.24) is 0 Å². The quantitative estimate of drug-likeness (QED) is 0.178. The van der Waals surface area contributed by atoms with Crippen molar-refractivity contribution < 1.29 is 46.8 Å². The van der Waals surface area contributed by atoms with Crippen LogP contribution in [-0.4, -0.2) is 56.2 Å². The third-order valence-electron chi connectivity index (χ3n) is 10.2. The van der Waals surface area contributed by atoms with E-state index in [9.17, 15) is 46.8 Å². The summed E-state index contributed by atoms with van der Waals surface area (Å²) in [6.45, 7) is 11.3. The van der Waals surface area contributed by atoms with Crippen molar-refractivity contribution in [3.05, 3.63) is 35.5 Å². The number of allylic oxidation sites excluding steroid dienone is 3. The average Bonchev–Trinajstić information content (AvgIpc) is 3.21. The van der Waals surface area contributed by atoms with Gasteiger partial charge in [0.25, 0.3) is 0 Å². The first-order valence-electron chi connectivity index (χ1n) is 15.1. The second kappa shape index (κ2) is 12.5. The summed E-state index contributed by atoms with van der Waals surface area (Å²) in [4.78, 5) is 0. The molecule has 0 amide bonds. The number of fused-ring (bicyclic) bond motifs is 1. The molecule has 0 aromatic heterocycles. The van der Waals surface area contributed by atoms with Gasteiger partial charge in [0.05, 0.1) is 17.8 Å². The molecule has 43 heavy (non-hydrogen) atoms. The lowest BCUT2D eigenvalue weighted by Crippen LogP contribution is -2.55. The van der Waals surface area contributed by atoms with Gasteiger partial charge in [-0.2, -0.15) is 26.3 Å². The summed E-state index contributed by atoms with van der Waals surface area (Å²) >= 11 is 0. The van der Waals surface area contributed by atoms with Crippen LogP contribution in [0.5, 0.6) is 0 Å². The highest BCUT2D eigenvalue weighted by Gasteiger charge is 2.70. The van der Waals surface area contributed by atoms with Crippen molar-refractivity contribution in [3.8, 4) is 11.8 Å². The summed E-state index contributed by atoms with van der Waals surface area (Å²) < 4.78 is 79.9. The average molecular weight is 621 g/mol. The van der Waals surface area contributed by atoms with Gasteiger partial charge in [0.15, 0.2) is 0 Å². The Kier molecular flexibility index (Phi) is 10.4. The normalized spacial score (nSPS) is 32.4.